The highest BCUT2D eigenvalue weighted by molar-refractivity contribution is 7.89. The second kappa shape index (κ2) is 17.1. The number of aromatic nitrogens is 2. The third-order valence-electron chi connectivity index (χ3n) is 6.91. The highest BCUT2D eigenvalue weighted by atomic mass is 35.5. The highest BCUT2D eigenvalue weighted by Crippen LogP contribution is 2.42. The van der Waals surface area contributed by atoms with Crippen LogP contribution in [0.25, 0.3) is 33.5 Å². The Labute approximate surface area is 278 Å². The molecular weight excluding hydrogens is 652 g/mol. The number of phenols is 2. The molecule has 0 aliphatic rings. The van der Waals surface area contributed by atoms with E-state index in [1.165, 1.54) is 6.07 Å². The van der Waals surface area contributed by atoms with Crippen molar-refractivity contribution in [3.8, 4) is 34.0 Å². The Bertz CT molecular complexity index is 1820. The van der Waals surface area contributed by atoms with Crippen molar-refractivity contribution >= 4 is 45.2 Å². The van der Waals surface area contributed by atoms with Gasteiger partial charge in [-0.3, -0.25) is 10.2 Å². The zero-order valence-corrected chi connectivity index (χ0v) is 27.4. The Kier molecular flexibility index (Phi) is 13.5. The van der Waals surface area contributed by atoms with E-state index in [0.29, 0.717) is 74.8 Å². The number of hydrogen-bond acceptors (Lipinski definition) is 10. The molecule has 0 saturated carbocycles. The lowest BCUT2D eigenvalue weighted by molar-refractivity contribution is -0.120. The van der Waals surface area contributed by atoms with Gasteiger partial charge in [0.2, 0.25) is 15.9 Å². The summed E-state index contributed by atoms with van der Waals surface area (Å²) in [5, 5.41) is 38.0. The van der Waals surface area contributed by atoms with Crippen molar-refractivity contribution in [2.24, 2.45) is 10.9 Å². The first-order valence-corrected chi connectivity index (χ1v) is 16.1. The summed E-state index contributed by atoms with van der Waals surface area (Å²) < 4.78 is 40.2. The summed E-state index contributed by atoms with van der Waals surface area (Å²) in [7, 11) is -4.13. The second-order valence-electron chi connectivity index (χ2n) is 10.3. The van der Waals surface area contributed by atoms with E-state index in [1.807, 2.05) is 6.92 Å². The predicted octanol–water partition coefficient (Wildman–Crippen LogP) is 2.78. The van der Waals surface area contributed by atoms with Gasteiger partial charge < -0.3 is 40.5 Å². The zero-order chi connectivity index (χ0) is 33.3. The number of benzene rings is 3. The van der Waals surface area contributed by atoms with E-state index in [0.717, 1.165) is 18.2 Å². The van der Waals surface area contributed by atoms with Crippen molar-refractivity contribution in [2.75, 3.05) is 46.2 Å². The minimum absolute atomic E-state index is 0. The monoisotopic (exact) mass is 690 g/mol. The molecule has 14 nitrogen and oxygen atoms in total. The van der Waals surface area contributed by atoms with E-state index in [9.17, 15) is 23.4 Å². The fourth-order valence-corrected chi connectivity index (χ4v) is 5.16. The number of phenolic OH excluding ortho intramolecular Hbond substituents is 2. The fraction of sp³-hybridized carbons (Fsp3) is 0.323. The van der Waals surface area contributed by atoms with E-state index in [2.05, 4.69) is 15.3 Å². The van der Waals surface area contributed by atoms with Crippen molar-refractivity contribution in [2.45, 2.75) is 24.7 Å². The topological polar surface area (TPSA) is 236 Å². The van der Waals surface area contributed by atoms with Gasteiger partial charge >= 0.3 is 0 Å². The average Bonchev–Trinajstić information content (AvgIpc) is 3.44. The summed E-state index contributed by atoms with van der Waals surface area (Å²) in [6.07, 6.45) is 0.478. The molecule has 0 aliphatic carbocycles. The Balaban J connectivity index is 0.00000600. The molecule has 0 unspecified atom stereocenters. The van der Waals surface area contributed by atoms with Gasteiger partial charge in [-0.15, -0.1) is 12.4 Å². The van der Waals surface area contributed by atoms with Crippen LogP contribution >= 0.6 is 12.4 Å². The number of primary sulfonamides is 1. The molecule has 254 valence electrons. The zero-order valence-electron chi connectivity index (χ0n) is 25.7. The first kappa shape index (κ1) is 37.2. The number of aromatic amines is 1. The number of nitrogen functional groups attached to an aromatic ring is 1. The number of amidine groups is 1. The summed E-state index contributed by atoms with van der Waals surface area (Å²) >= 11 is 0. The normalized spacial score (nSPS) is 11.4. The van der Waals surface area contributed by atoms with Crippen LogP contribution in [0, 0.1) is 5.41 Å². The predicted molar refractivity (Wildman–Crippen MR) is 179 cm³/mol. The summed E-state index contributed by atoms with van der Waals surface area (Å²) in [6.45, 7) is 5.27. The molecule has 3 aromatic carbocycles. The van der Waals surface area contributed by atoms with Crippen LogP contribution in [-0.4, -0.2) is 86.5 Å². The van der Waals surface area contributed by atoms with Crippen LogP contribution in [0.2, 0.25) is 0 Å². The lowest BCUT2D eigenvalue weighted by Gasteiger charge is -2.14. The standard InChI is InChI=1S/C31H38N6O8S.ClH/c1-2-43-10-11-45-13-12-44-9-3-8-35-28(39)16-19-14-23(22-18-21(46(34,41)42)5-7-27(22)38)29(40)24(15-19)31-36-25-6-4-20(30(32)33)17-26(25)37-31;/h4-7,14-15,17-18,38,40H,2-3,8-13,16H2,1H3,(H3,32,33)(H,35,39)(H,36,37)(H2,34,41,42);1H. The molecule has 1 aromatic heterocycles. The van der Waals surface area contributed by atoms with Gasteiger partial charge in [-0.2, -0.15) is 0 Å². The summed E-state index contributed by atoms with van der Waals surface area (Å²) in [4.78, 5) is 20.3. The number of hydrogen-bond donors (Lipinski definition) is 7. The lowest BCUT2D eigenvalue weighted by atomic mass is 9.95. The number of halogens is 1. The van der Waals surface area contributed by atoms with E-state index in [4.69, 9.17) is 30.5 Å². The smallest absolute Gasteiger partial charge is 0.238 e. The molecule has 1 heterocycles. The number of rotatable bonds is 17. The maximum atomic E-state index is 12.9. The molecule has 9 N–H and O–H groups in total. The number of sulfonamides is 1. The molecular formula is C31H39ClN6O8S. The number of fused-ring (bicyclic) bond motifs is 1. The SMILES string of the molecule is CCOCCOCCOCCCNC(=O)Cc1cc(-c2nc3cc(C(=N)N)ccc3[nH]2)c(O)c(-c2cc(S(N)(=O)=O)ccc2O)c1.Cl. The van der Waals surface area contributed by atoms with Crippen LogP contribution in [0.3, 0.4) is 0 Å². The number of nitrogens with one attached hydrogen (secondary N) is 3. The molecule has 4 aromatic rings. The highest BCUT2D eigenvalue weighted by Gasteiger charge is 2.21. The first-order valence-electron chi connectivity index (χ1n) is 14.5. The number of amides is 1. The van der Waals surface area contributed by atoms with Crippen molar-refractivity contribution in [1.82, 2.24) is 15.3 Å². The van der Waals surface area contributed by atoms with Gasteiger partial charge in [0.15, 0.2) is 0 Å². The summed E-state index contributed by atoms with van der Waals surface area (Å²) in [5.74, 6) is -0.844. The maximum Gasteiger partial charge on any atom is 0.238 e. The Hall–Kier alpha value is -4.25. The van der Waals surface area contributed by atoms with E-state index in [-0.39, 0.29) is 69.5 Å². The van der Waals surface area contributed by atoms with Gasteiger partial charge in [-0.1, -0.05) is 0 Å². The molecule has 0 spiro atoms. The molecule has 4 rings (SSSR count). The second-order valence-corrected chi connectivity index (χ2v) is 11.9. The van der Waals surface area contributed by atoms with Gasteiger partial charge in [-0.05, 0) is 67.4 Å². The molecule has 0 atom stereocenters. The Morgan fingerprint density at radius 1 is 0.957 bits per heavy atom. The fourth-order valence-electron chi connectivity index (χ4n) is 4.63. The molecule has 0 bridgehead atoms. The summed E-state index contributed by atoms with van der Waals surface area (Å²) in [5.41, 5.74) is 7.85. The van der Waals surface area contributed by atoms with E-state index in [1.54, 1.807) is 24.3 Å². The molecule has 0 saturated heterocycles. The van der Waals surface area contributed by atoms with Crippen LogP contribution in [-0.2, 0) is 35.4 Å². The molecule has 0 fully saturated rings. The van der Waals surface area contributed by atoms with Crippen LogP contribution in [0.4, 0.5) is 0 Å². The largest absolute Gasteiger partial charge is 0.507 e. The first-order chi connectivity index (χ1) is 22.0. The molecule has 47 heavy (non-hydrogen) atoms. The van der Waals surface area contributed by atoms with E-state index >= 15 is 0 Å². The molecule has 0 radical (unpaired) electrons. The number of aromatic hydroxyl groups is 2. The van der Waals surface area contributed by atoms with Gasteiger partial charge in [0.1, 0.15) is 23.2 Å². The number of H-pyrrole nitrogens is 1. The summed E-state index contributed by atoms with van der Waals surface area (Å²) in [6, 6.07) is 11.5. The van der Waals surface area contributed by atoms with Crippen molar-refractivity contribution in [3.05, 3.63) is 59.7 Å². The quantitative estimate of drug-likeness (QED) is 0.0486. The third-order valence-corrected chi connectivity index (χ3v) is 7.82. The lowest BCUT2D eigenvalue weighted by Crippen LogP contribution is -2.27. The molecule has 16 heteroatoms. The van der Waals surface area contributed by atoms with Crippen LogP contribution in [0.15, 0.2) is 53.4 Å². The number of ether oxygens (including phenoxy) is 3. The van der Waals surface area contributed by atoms with Crippen LogP contribution in [0.5, 0.6) is 11.5 Å². The number of imidazole rings is 1. The maximum absolute atomic E-state index is 12.9. The number of nitrogens with zero attached hydrogens (tertiary/aromatic N) is 1. The van der Waals surface area contributed by atoms with Crippen molar-refractivity contribution in [3.63, 3.8) is 0 Å². The van der Waals surface area contributed by atoms with Crippen LogP contribution in [0.1, 0.15) is 24.5 Å². The van der Waals surface area contributed by atoms with Gasteiger partial charge in [0, 0.05) is 36.4 Å². The Morgan fingerprint density at radius 2 is 1.64 bits per heavy atom. The van der Waals surface area contributed by atoms with Crippen molar-refractivity contribution < 1.29 is 37.6 Å². The van der Waals surface area contributed by atoms with Gasteiger partial charge in [0.25, 0.3) is 0 Å². The number of carbonyl (C=O) groups excluding carboxylic acids is 1. The van der Waals surface area contributed by atoms with Gasteiger partial charge in [-0.25, -0.2) is 18.5 Å². The average molecular weight is 691 g/mol. The molecule has 0 aliphatic heterocycles. The molecule has 1 amide bonds. The number of carbonyl (C=O) groups is 1. The van der Waals surface area contributed by atoms with E-state index < -0.39 is 10.0 Å². The Morgan fingerprint density at radius 3 is 2.32 bits per heavy atom. The minimum atomic E-state index is -4.13. The van der Waals surface area contributed by atoms with Crippen LogP contribution < -0.4 is 16.2 Å². The minimum Gasteiger partial charge on any atom is -0.507 e. The number of nitrogens with two attached hydrogens (primary N) is 2. The van der Waals surface area contributed by atoms with Gasteiger partial charge in [0.05, 0.1) is 54.3 Å². The van der Waals surface area contributed by atoms with Crippen molar-refractivity contribution in [1.29, 1.82) is 5.41 Å². The third kappa shape index (κ3) is 10.1.